The summed E-state index contributed by atoms with van der Waals surface area (Å²) in [5.41, 5.74) is 4.25. The van der Waals surface area contributed by atoms with Gasteiger partial charge in [-0.25, -0.2) is 11.6 Å². The second kappa shape index (κ2) is 8.92. The highest BCUT2D eigenvalue weighted by Gasteiger charge is 2.19. The first kappa shape index (κ1) is 20.5. The standard InChI is InChI=1S/C22H24ClN5O2/c1-24-4-6-26-7-9-27(10-8-26)17-3-5-28-14-20(25-22(28)12-17)18-13-19(23)21(30-2)11-16(18)15-29/h3,5,11-14,29H,4,6-10,15H2,2H3. The van der Waals surface area contributed by atoms with Gasteiger partial charge in [-0.15, -0.1) is 0 Å². The monoisotopic (exact) mass is 425 g/mol. The second-order valence-electron chi connectivity index (χ2n) is 7.29. The molecule has 0 aliphatic carbocycles. The molecule has 0 amide bonds. The van der Waals surface area contributed by atoms with Gasteiger partial charge in [0.25, 0.3) is 0 Å². The lowest BCUT2D eigenvalue weighted by Crippen LogP contribution is -2.47. The van der Waals surface area contributed by atoms with Crippen molar-refractivity contribution in [3.05, 3.63) is 58.7 Å². The average Bonchev–Trinajstić information content (AvgIpc) is 3.21. The minimum atomic E-state index is -0.125. The molecule has 7 nitrogen and oxygen atoms in total. The summed E-state index contributed by atoms with van der Waals surface area (Å²) in [5, 5.41) is 10.3. The van der Waals surface area contributed by atoms with Crippen molar-refractivity contribution in [1.82, 2.24) is 14.3 Å². The minimum absolute atomic E-state index is 0.125. The molecule has 30 heavy (non-hydrogen) atoms. The highest BCUT2D eigenvalue weighted by molar-refractivity contribution is 6.32. The van der Waals surface area contributed by atoms with Crippen LogP contribution in [0.2, 0.25) is 5.02 Å². The number of hydrogen-bond acceptors (Lipinski definition) is 5. The van der Waals surface area contributed by atoms with Gasteiger partial charge in [0, 0.05) is 55.9 Å². The Morgan fingerprint density at radius 3 is 2.73 bits per heavy atom. The molecule has 1 fully saturated rings. The summed E-state index contributed by atoms with van der Waals surface area (Å²) >= 11 is 6.31. The van der Waals surface area contributed by atoms with E-state index in [4.69, 9.17) is 27.9 Å². The van der Waals surface area contributed by atoms with Gasteiger partial charge < -0.3 is 24.0 Å². The number of fused-ring (bicyclic) bond motifs is 1. The number of nitrogens with zero attached hydrogens (tertiary/aromatic N) is 5. The third-order valence-electron chi connectivity index (χ3n) is 5.53. The molecule has 1 N–H and O–H groups in total. The maximum Gasteiger partial charge on any atom is 0.227 e. The van der Waals surface area contributed by atoms with Crippen LogP contribution in [0.3, 0.4) is 0 Å². The first-order valence-corrected chi connectivity index (χ1v) is 10.3. The van der Waals surface area contributed by atoms with E-state index in [0.29, 0.717) is 17.3 Å². The van der Waals surface area contributed by atoms with Crippen LogP contribution in [0.25, 0.3) is 21.7 Å². The van der Waals surface area contributed by atoms with Crippen molar-refractivity contribution in [3.63, 3.8) is 0 Å². The van der Waals surface area contributed by atoms with E-state index in [1.165, 1.54) is 0 Å². The topological polar surface area (TPSA) is 57.6 Å². The van der Waals surface area contributed by atoms with E-state index >= 15 is 0 Å². The lowest BCUT2D eigenvalue weighted by Gasteiger charge is -2.35. The molecular weight excluding hydrogens is 402 g/mol. The lowest BCUT2D eigenvalue weighted by atomic mass is 10.1. The maximum absolute atomic E-state index is 9.80. The number of hydrogen-bond donors (Lipinski definition) is 1. The molecule has 2 aromatic heterocycles. The van der Waals surface area contributed by atoms with Crippen LogP contribution >= 0.6 is 11.6 Å². The Balaban J connectivity index is 1.58. The summed E-state index contributed by atoms with van der Waals surface area (Å²) in [6, 6.07) is 7.72. The number of halogens is 1. The molecule has 1 aromatic carbocycles. The molecule has 1 aliphatic heterocycles. The molecule has 8 heteroatoms. The summed E-state index contributed by atoms with van der Waals surface area (Å²) in [6.45, 7) is 12.0. The van der Waals surface area contributed by atoms with E-state index < -0.39 is 0 Å². The Morgan fingerprint density at radius 2 is 2.03 bits per heavy atom. The number of anilines is 1. The Bertz CT molecular complexity index is 1080. The van der Waals surface area contributed by atoms with E-state index in [0.717, 1.165) is 60.9 Å². The zero-order chi connectivity index (χ0) is 21.1. The normalized spacial score (nSPS) is 14.8. The number of pyridine rings is 1. The van der Waals surface area contributed by atoms with Crippen LogP contribution in [0.15, 0.2) is 36.7 Å². The fourth-order valence-electron chi connectivity index (χ4n) is 3.84. The Labute approximate surface area is 180 Å². The predicted octanol–water partition coefficient (Wildman–Crippen LogP) is 3.20. The molecule has 0 unspecified atom stereocenters. The molecule has 3 aromatic rings. The Kier molecular flexibility index (Phi) is 6.09. The number of aliphatic hydroxyl groups excluding tert-OH is 1. The van der Waals surface area contributed by atoms with Gasteiger partial charge >= 0.3 is 0 Å². The van der Waals surface area contributed by atoms with Crippen molar-refractivity contribution in [2.45, 2.75) is 6.61 Å². The number of benzene rings is 1. The van der Waals surface area contributed by atoms with E-state index in [9.17, 15) is 5.11 Å². The molecule has 0 spiro atoms. The molecule has 1 saturated heterocycles. The molecule has 4 rings (SSSR count). The van der Waals surface area contributed by atoms with Crippen molar-refractivity contribution in [2.24, 2.45) is 0 Å². The van der Waals surface area contributed by atoms with Crippen LogP contribution in [0.1, 0.15) is 5.56 Å². The second-order valence-corrected chi connectivity index (χ2v) is 7.70. The van der Waals surface area contributed by atoms with Gasteiger partial charge in [-0.1, -0.05) is 11.6 Å². The molecule has 156 valence electrons. The van der Waals surface area contributed by atoms with Crippen LogP contribution in [-0.2, 0) is 6.61 Å². The molecule has 0 radical (unpaired) electrons. The quantitative estimate of drug-likeness (QED) is 0.615. The first-order chi connectivity index (χ1) is 14.6. The summed E-state index contributed by atoms with van der Waals surface area (Å²) in [7, 11) is 1.55. The predicted molar refractivity (Wildman–Crippen MR) is 118 cm³/mol. The zero-order valence-corrected chi connectivity index (χ0v) is 17.6. The fourth-order valence-corrected chi connectivity index (χ4v) is 4.08. The van der Waals surface area contributed by atoms with Crippen LogP contribution in [0.4, 0.5) is 5.69 Å². The summed E-state index contributed by atoms with van der Waals surface area (Å²) in [5.74, 6) is 0.533. The number of piperazine rings is 1. The minimum Gasteiger partial charge on any atom is -0.495 e. The molecule has 0 atom stereocenters. The Hall–Kier alpha value is -2.79. The van der Waals surface area contributed by atoms with Crippen LogP contribution in [0.5, 0.6) is 5.75 Å². The Morgan fingerprint density at radius 1 is 1.23 bits per heavy atom. The highest BCUT2D eigenvalue weighted by Crippen LogP contribution is 2.34. The van der Waals surface area contributed by atoms with Gasteiger partial charge in [0.2, 0.25) is 6.54 Å². The number of aromatic nitrogens is 2. The molecule has 1 aliphatic rings. The van der Waals surface area contributed by atoms with E-state index in [2.05, 4.69) is 26.8 Å². The molecular formula is C22H24ClN5O2. The smallest absolute Gasteiger partial charge is 0.227 e. The first-order valence-electron chi connectivity index (χ1n) is 9.90. The van der Waals surface area contributed by atoms with Gasteiger partial charge in [-0.3, -0.25) is 4.90 Å². The molecule has 3 heterocycles. The van der Waals surface area contributed by atoms with E-state index in [1.54, 1.807) is 19.2 Å². The maximum atomic E-state index is 9.80. The highest BCUT2D eigenvalue weighted by atomic mass is 35.5. The zero-order valence-electron chi connectivity index (χ0n) is 16.9. The van der Waals surface area contributed by atoms with Crippen LogP contribution in [0, 0.1) is 6.57 Å². The van der Waals surface area contributed by atoms with Crippen LogP contribution < -0.4 is 9.64 Å². The van der Waals surface area contributed by atoms with E-state index in [1.807, 2.05) is 16.8 Å². The third-order valence-corrected chi connectivity index (χ3v) is 5.83. The fraction of sp³-hybridized carbons (Fsp3) is 0.364. The van der Waals surface area contributed by atoms with Gasteiger partial charge in [-0.05, 0) is 23.8 Å². The largest absolute Gasteiger partial charge is 0.495 e. The third kappa shape index (κ3) is 4.08. The summed E-state index contributed by atoms with van der Waals surface area (Å²) in [6.07, 6.45) is 3.95. The average molecular weight is 426 g/mol. The van der Waals surface area contributed by atoms with Crippen molar-refractivity contribution in [1.29, 1.82) is 0 Å². The van der Waals surface area contributed by atoms with Gasteiger partial charge in [0.1, 0.15) is 11.4 Å². The number of aliphatic hydroxyl groups is 1. The van der Waals surface area contributed by atoms with Crippen molar-refractivity contribution in [3.8, 4) is 17.0 Å². The van der Waals surface area contributed by atoms with Crippen molar-refractivity contribution >= 4 is 22.9 Å². The van der Waals surface area contributed by atoms with Gasteiger partial charge in [0.05, 0.1) is 31.0 Å². The SMILES string of the molecule is [C-]#[N+]CCN1CCN(c2ccn3cc(-c4cc(Cl)c(OC)cc4CO)nc3c2)CC1. The number of methoxy groups -OCH3 is 1. The van der Waals surface area contributed by atoms with Crippen molar-refractivity contribution < 1.29 is 9.84 Å². The lowest BCUT2D eigenvalue weighted by molar-refractivity contribution is 0.269. The summed E-state index contributed by atoms with van der Waals surface area (Å²) in [4.78, 5) is 12.9. The van der Waals surface area contributed by atoms with Crippen LogP contribution in [-0.4, -0.2) is 65.8 Å². The van der Waals surface area contributed by atoms with Crippen molar-refractivity contribution in [2.75, 3.05) is 51.3 Å². The number of ether oxygens (including phenoxy) is 1. The van der Waals surface area contributed by atoms with Gasteiger partial charge in [0.15, 0.2) is 0 Å². The molecule has 0 bridgehead atoms. The van der Waals surface area contributed by atoms with E-state index in [-0.39, 0.29) is 6.61 Å². The number of imidazole rings is 1. The summed E-state index contributed by atoms with van der Waals surface area (Å²) < 4.78 is 7.23. The van der Waals surface area contributed by atoms with Gasteiger partial charge in [-0.2, -0.15) is 0 Å². The number of rotatable bonds is 6. The molecule has 0 saturated carbocycles.